The SMILES string of the molecule is COCCc1nsc(N[C@H]2CCO[C@@H]2c2cnn(C)c2)n1. The molecular weight excluding hydrogens is 290 g/mol. The molecule has 0 bridgehead atoms. The maximum Gasteiger partial charge on any atom is 0.202 e. The Morgan fingerprint density at radius 3 is 3.24 bits per heavy atom. The van der Waals surface area contributed by atoms with Crippen molar-refractivity contribution in [3.05, 3.63) is 23.8 Å². The van der Waals surface area contributed by atoms with E-state index >= 15 is 0 Å². The van der Waals surface area contributed by atoms with Crippen LogP contribution in [0.5, 0.6) is 0 Å². The van der Waals surface area contributed by atoms with Crippen LogP contribution in [0.2, 0.25) is 0 Å². The number of anilines is 1. The van der Waals surface area contributed by atoms with Crippen molar-refractivity contribution in [3.63, 3.8) is 0 Å². The van der Waals surface area contributed by atoms with E-state index in [9.17, 15) is 0 Å². The molecule has 0 aromatic carbocycles. The average Bonchev–Trinajstić information content (AvgIpc) is 3.18. The fourth-order valence-electron chi connectivity index (χ4n) is 2.42. The maximum atomic E-state index is 5.83. The lowest BCUT2D eigenvalue weighted by Crippen LogP contribution is -2.22. The van der Waals surface area contributed by atoms with E-state index in [1.54, 1.807) is 11.8 Å². The Kier molecular flexibility index (Phi) is 4.47. The third-order valence-electron chi connectivity index (χ3n) is 3.45. The van der Waals surface area contributed by atoms with Gasteiger partial charge in [0, 0.05) is 50.5 Å². The maximum absolute atomic E-state index is 5.83. The molecule has 3 rings (SSSR count). The number of ether oxygens (including phenoxy) is 2. The summed E-state index contributed by atoms with van der Waals surface area (Å²) in [4.78, 5) is 4.48. The summed E-state index contributed by atoms with van der Waals surface area (Å²) in [6.07, 6.45) is 5.56. The summed E-state index contributed by atoms with van der Waals surface area (Å²) in [5.41, 5.74) is 1.09. The molecule has 21 heavy (non-hydrogen) atoms. The van der Waals surface area contributed by atoms with Gasteiger partial charge in [-0.15, -0.1) is 0 Å². The van der Waals surface area contributed by atoms with Crippen molar-refractivity contribution in [2.75, 3.05) is 25.6 Å². The second-order valence-corrected chi connectivity index (χ2v) is 5.79. The number of hydrogen-bond donors (Lipinski definition) is 1. The van der Waals surface area contributed by atoms with E-state index in [0.29, 0.717) is 6.61 Å². The molecule has 1 N–H and O–H groups in total. The Morgan fingerprint density at radius 1 is 1.57 bits per heavy atom. The van der Waals surface area contributed by atoms with Gasteiger partial charge in [0.05, 0.1) is 18.8 Å². The Balaban J connectivity index is 1.64. The minimum absolute atomic E-state index is 0.0185. The van der Waals surface area contributed by atoms with Gasteiger partial charge in [-0.05, 0) is 6.42 Å². The summed E-state index contributed by atoms with van der Waals surface area (Å²) in [5.74, 6) is 0.821. The predicted octanol–water partition coefficient (Wildman–Crippen LogP) is 1.40. The first-order valence-electron chi connectivity index (χ1n) is 6.94. The predicted molar refractivity (Wildman–Crippen MR) is 79.4 cm³/mol. The van der Waals surface area contributed by atoms with Crippen LogP contribution in [0.15, 0.2) is 12.4 Å². The van der Waals surface area contributed by atoms with Gasteiger partial charge >= 0.3 is 0 Å². The van der Waals surface area contributed by atoms with Crippen molar-refractivity contribution in [2.24, 2.45) is 7.05 Å². The molecule has 1 saturated heterocycles. The lowest BCUT2D eigenvalue weighted by atomic mass is 10.1. The highest BCUT2D eigenvalue weighted by atomic mass is 32.1. The number of hydrogen-bond acceptors (Lipinski definition) is 7. The van der Waals surface area contributed by atoms with E-state index in [2.05, 4.69) is 19.8 Å². The first-order valence-corrected chi connectivity index (χ1v) is 7.72. The average molecular weight is 309 g/mol. The number of rotatable bonds is 6. The smallest absolute Gasteiger partial charge is 0.202 e. The zero-order chi connectivity index (χ0) is 14.7. The van der Waals surface area contributed by atoms with Gasteiger partial charge < -0.3 is 14.8 Å². The van der Waals surface area contributed by atoms with Crippen molar-refractivity contribution in [3.8, 4) is 0 Å². The van der Waals surface area contributed by atoms with Crippen LogP contribution in [0, 0.1) is 0 Å². The number of nitrogens with one attached hydrogen (secondary N) is 1. The van der Waals surface area contributed by atoms with Gasteiger partial charge in [-0.3, -0.25) is 4.68 Å². The van der Waals surface area contributed by atoms with Gasteiger partial charge in [0.25, 0.3) is 0 Å². The van der Waals surface area contributed by atoms with Crippen molar-refractivity contribution in [1.82, 2.24) is 19.1 Å². The molecule has 0 spiro atoms. The van der Waals surface area contributed by atoms with Crippen LogP contribution in [0.4, 0.5) is 5.13 Å². The fourth-order valence-corrected chi connectivity index (χ4v) is 3.09. The molecule has 0 aliphatic carbocycles. The monoisotopic (exact) mass is 309 g/mol. The third kappa shape index (κ3) is 3.39. The number of nitrogens with zero attached hydrogens (tertiary/aromatic N) is 4. The minimum atomic E-state index is 0.0185. The molecule has 1 aliphatic rings. The van der Waals surface area contributed by atoms with Crippen LogP contribution in [0.1, 0.15) is 23.9 Å². The van der Waals surface area contributed by atoms with E-state index in [4.69, 9.17) is 9.47 Å². The van der Waals surface area contributed by atoms with Gasteiger partial charge in [0.15, 0.2) is 0 Å². The first-order chi connectivity index (χ1) is 10.3. The molecule has 2 aromatic heterocycles. The Labute approximate surface area is 127 Å². The van der Waals surface area contributed by atoms with Crippen molar-refractivity contribution in [1.29, 1.82) is 0 Å². The van der Waals surface area contributed by atoms with Crippen LogP contribution in [-0.2, 0) is 22.9 Å². The van der Waals surface area contributed by atoms with Crippen LogP contribution >= 0.6 is 11.5 Å². The van der Waals surface area contributed by atoms with Gasteiger partial charge in [0.2, 0.25) is 5.13 Å². The molecule has 1 fully saturated rings. The van der Waals surface area contributed by atoms with E-state index in [1.165, 1.54) is 11.5 Å². The summed E-state index contributed by atoms with van der Waals surface area (Å²) in [5, 5.41) is 8.49. The molecule has 114 valence electrons. The van der Waals surface area contributed by atoms with E-state index in [-0.39, 0.29) is 12.1 Å². The summed E-state index contributed by atoms with van der Waals surface area (Å²) in [7, 11) is 3.59. The van der Waals surface area contributed by atoms with Gasteiger partial charge in [-0.1, -0.05) is 0 Å². The first kappa shape index (κ1) is 14.4. The molecular formula is C13H19N5O2S. The van der Waals surface area contributed by atoms with Gasteiger partial charge in [0.1, 0.15) is 11.9 Å². The van der Waals surface area contributed by atoms with Crippen LogP contribution < -0.4 is 5.32 Å². The normalized spacial score (nSPS) is 21.8. The van der Waals surface area contributed by atoms with Gasteiger partial charge in [-0.2, -0.15) is 9.47 Å². The second-order valence-electron chi connectivity index (χ2n) is 5.04. The highest BCUT2D eigenvalue weighted by Crippen LogP contribution is 2.31. The Morgan fingerprint density at radius 2 is 2.48 bits per heavy atom. The van der Waals surface area contributed by atoms with Crippen LogP contribution in [0.3, 0.4) is 0 Å². The molecule has 2 aromatic rings. The molecule has 0 radical (unpaired) electrons. The number of aryl methyl sites for hydroxylation is 1. The summed E-state index contributed by atoms with van der Waals surface area (Å²) >= 11 is 1.39. The molecule has 3 heterocycles. The van der Waals surface area contributed by atoms with Crippen molar-refractivity contribution in [2.45, 2.75) is 25.0 Å². The van der Waals surface area contributed by atoms with E-state index < -0.39 is 0 Å². The lowest BCUT2D eigenvalue weighted by Gasteiger charge is -2.17. The topological polar surface area (TPSA) is 74.1 Å². The second kappa shape index (κ2) is 6.50. The molecule has 8 heteroatoms. The highest BCUT2D eigenvalue weighted by molar-refractivity contribution is 7.09. The summed E-state index contributed by atoms with van der Waals surface area (Å²) < 4.78 is 17.0. The third-order valence-corrected chi connectivity index (χ3v) is 4.14. The number of aromatic nitrogens is 4. The van der Waals surface area contributed by atoms with Gasteiger partial charge in [-0.25, -0.2) is 4.98 Å². The highest BCUT2D eigenvalue weighted by Gasteiger charge is 2.31. The largest absolute Gasteiger partial charge is 0.384 e. The van der Waals surface area contributed by atoms with E-state index in [1.807, 2.05) is 19.4 Å². The molecule has 0 amide bonds. The molecule has 7 nitrogen and oxygen atoms in total. The van der Waals surface area contributed by atoms with E-state index in [0.717, 1.165) is 36.0 Å². The minimum Gasteiger partial charge on any atom is -0.384 e. The zero-order valence-corrected chi connectivity index (χ0v) is 13.0. The fraction of sp³-hybridized carbons (Fsp3) is 0.615. The summed E-state index contributed by atoms with van der Waals surface area (Å²) in [6, 6.07) is 0.206. The standard InChI is InChI=1S/C13H19N5O2S/c1-18-8-9(7-14-18)12-10(3-6-20-12)15-13-16-11(17-21-13)4-5-19-2/h7-8,10,12H,3-6H2,1-2H3,(H,15,16,17)/t10-,12+/m0/s1. The molecule has 1 aliphatic heterocycles. The summed E-state index contributed by atoms with van der Waals surface area (Å²) in [6.45, 7) is 1.38. The van der Waals surface area contributed by atoms with Crippen LogP contribution in [0.25, 0.3) is 0 Å². The zero-order valence-electron chi connectivity index (χ0n) is 12.2. The quantitative estimate of drug-likeness (QED) is 0.869. The van der Waals surface area contributed by atoms with Crippen molar-refractivity contribution >= 4 is 16.7 Å². The molecule has 2 atom stereocenters. The lowest BCUT2D eigenvalue weighted by molar-refractivity contribution is 0.107. The number of methoxy groups -OCH3 is 1. The van der Waals surface area contributed by atoms with Crippen LogP contribution in [-0.4, -0.2) is 45.5 Å². The Hall–Kier alpha value is -1.51. The molecule has 0 saturated carbocycles. The molecule has 0 unspecified atom stereocenters. The van der Waals surface area contributed by atoms with Crippen molar-refractivity contribution < 1.29 is 9.47 Å². The Bertz CT molecular complexity index is 585.